The highest BCUT2D eigenvalue weighted by Crippen LogP contribution is 2.23. The standard InChI is InChI=1S/C18H19FN4O2/c1-11-14-8-21-23(10-16(24)20-3)18(25)17(14)12(2)22(11)9-13-6-4-5-7-15(13)19/h4-8H,9-10H2,1-3H3,(H,20,24). The predicted molar refractivity (Wildman–Crippen MR) is 93.0 cm³/mol. The third-order valence-electron chi connectivity index (χ3n) is 4.46. The van der Waals surface area contributed by atoms with Crippen LogP contribution < -0.4 is 10.9 Å². The lowest BCUT2D eigenvalue weighted by molar-refractivity contribution is -0.121. The average Bonchev–Trinajstić information content (AvgIpc) is 2.84. The van der Waals surface area contributed by atoms with Gasteiger partial charge in [0.15, 0.2) is 0 Å². The molecule has 0 atom stereocenters. The van der Waals surface area contributed by atoms with Crippen molar-refractivity contribution < 1.29 is 9.18 Å². The zero-order valence-electron chi connectivity index (χ0n) is 14.3. The van der Waals surface area contributed by atoms with Gasteiger partial charge < -0.3 is 9.88 Å². The van der Waals surface area contributed by atoms with Crippen LogP contribution in [0.1, 0.15) is 17.0 Å². The monoisotopic (exact) mass is 342 g/mol. The maximum atomic E-state index is 14.0. The summed E-state index contributed by atoms with van der Waals surface area (Å²) in [7, 11) is 1.51. The lowest BCUT2D eigenvalue weighted by Crippen LogP contribution is -2.31. The topological polar surface area (TPSA) is 68.9 Å². The molecule has 0 unspecified atom stereocenters. The van der Waals surface area contributed by atoms with E-state index in [0.29, 0.717) is 22.9 Å². The molecule has 25 heavy (non-hydrogen) atoms. The first-order chi connectivity index (χ1) is 11.9. The Kier molecular flexibility index (Phi) is 4.39. The summed E-state index contributed by atoms with van der Waals surface area (Å²) < 4.78 is 17.0. The molecule has 6 nitrogen and oxygen atoms in total. The van der Waals surface area contributed by atoms with Crippen LogP contribution in [0.4, 0.5) is 4.39 Å². The van der Waals surface area contributed by atoms with Gasteiger partial charge in [0.2, 0.25) is 5.91 Å². The van der Waals surface area contributed by atoms with Gasteiger partial charge in [-0.3, -0.25) is 9.59 Å². The number of likely N-dealkylation sites (N-methyl/N-ethyl adjacent to an activating group) is 1. The molecule has 1 N–H and O–H groups in total. The van der Waals surface area contributed by atoms with Crippen molar-refractivity contribution in [3.63, 3.8) is 0 Å². The zero-order valence-corrected chi connectivity index (χ0v) is 14.3. The molecule has 3 aromatic rings. The number of benzene rings is 1. The van der Waals surface area contributed by atoms with Gasteiger partial charge in [-0.1, -0.05) is 18.2 Å². The van der Waals surface area contributed by atoms with Gasteiger partial charge in [-0.15, -0.1) is 0 Å². The molecule has 0 bridgehead atoms. The molecule has 0 spiro atoms. The molecule has 0 aliphatic carbocycles. The number of carbonyl (C=O) groups is 1. The average molecular weight is 342 g/mol. The number of hydrogen-bond donors (Lipinski definition) is 1. The zero-order chi connectivity index (χ0) is 18.1. The Hall–Kier alpha value is -2.96. The van der Waals surface area contributed by atoms with E-state index < -0.39 is 0 Å². The first-order valence-corrected chi connectivity index (χ1v) is 7.93. The van der Waals surface area contributed by atoms with Gasteiger partial charge in [0, 0.05) is 29.4 Å². The quantitative estimate of drug-likeness (QED) is 0.785. The highest BCUT2D eigenvalue weighted by atomic mass is 19.1. The number of halogens is 1. The number of amides is 1. The van der Waals surface area contributed by atoms with Crippen LogP contribution >= 0.6 is 0 Å². The van der Waals surface area contributed by atoms with E-state index in [9.17, 15) is 14.0 Å². The third-order valence-corrected chi connectivity index (χ3v) is 4.46. The maximum Gasteiger partial charge on any atom is 0.276 e. The number of nitrogens with one attached hydrogen (secondary N) is 1. The minimum absolute atomic E-state index is 0.137. The Morgan fingerprint density at radius 3 is 2.64 bits per heavy atom. The van der Waals surface area contributed by atoms with Gasteiger partial charge in [-0.2, -0.15) is 5.10 Å². The van der Waals surface area contributed by atoms with E-state index in [1.54, 1.807) is 24.4 Å². The molecule has 0 aliphatic heterocycles. The molecule has 0 saturated heterocycles. The second kappa shape index (κ2) is 6.51. The molecule has 2 heterocycles. The van der Waals surface area contributed by atoms with Crippen LogP contribution in [0.2, 0.25) is 0 Å². The van der Waals surface area contributed by atoms with Crippen LogP contribution in [0, 0.1) is 19.7 Å². The van der Waals surface area contributed by atoms with Crippen LogP contribution in [0.5, 0.6) is 0 Å². The third kappa shape index (κ3) is 2.93. The van der Waals surface area contributed by atoms with Crippen molar-refractivity contribution in [1.29, 1.82) is 0 Å². The molecule has 1 aromatic carbocycles. The maximum absolute atomic E-state index is 14.0. The molecule has 0 fully saturated rings. The fourth-order valence-electron chi connectivity index (χ4n) is 3.01. The summed E-state index contributed by atoms with van der Waals surface area (Å²) >= 11 is 0. The summed E-state index contributed by atoms with van der Waals surface area (Å²) in [4.78, 5) is 24.3. The van der Waals surface area contributed by atoms with E-state index in [0.717, 1.165) is 16.1 Å². The highest BCUT2D eigenvalue weighted by molar-refractivity contribution is 5.87. The Morgan fingerprint density at radius 1 is 1.24 bits per heavy atom. The molecule has 0 radical (unpaired) electrons. The first kappa shape index (κ1) is 16.9. The van der Waals surface area contributed by atoms with E-state index >= 15 is 0 Å². The number of rotatable bonds is 4. The molecule has 130 valence electrons. The number of fused-ring (bicyclic) bond motifs is 1. The molecule has 0 saturated carbocycles. The van der Waals surface area contributed by atoms with Gasteiger partial charge in [0.05, 0.1) is 18.1 Å². The van der Waals surface area contributed by atoms with Crippen molar-refractivity contribution in [1.82, 2.24) is 19.7 Å². The normalized spacial score (nSPS) is 11.0. The van der Waals surface area contributed by atoms with Crippen molar-refractivity contribution in [3.05, 3.63) is 63.6 Å². The van der Waals surface area contributed by atoms with Crippen LogP contribution in [-0.2, 0) is 17.9 Å². The number of carbonyl (C=O) groups excluding carboxylic acids is 1. The van der Waals surface area contributed by atoms with Crippen molar-refractivity contribution >= 4 is 16.7 Å². The number of aryl methyl sites for hydroxylation is 2. The molecule has 0 aliphatic rings. The fraction of sp³-hybridized carbons (Fsp3) is 0.278. The number of nitrogens with zero attached hydrogens (tertiary/aromatic N) is 3. The Balaban J connectivity index is 2.13. The van der Waals surface area contributed by atoms with Crippen molar-refractivity contribution in [2.24, 2.45) is 0 Å². The van der Waals surface area contributed by atoms with Crippen LogP contribution in [0.15, 0.2) is 35.3 Å². The largest absolute Gasteiger partial charge is 0.358 e. The molecule has 7 heteroatoms. The number of hydrogen-bond acceptors (Lipinski definition) is 3. The lowest BCUT2D eigenvalue weighted by atomic mass is 10.2. The van der Waals surface area contributed by atoms with Crippen LogP contribution in [0.25, 0.3) is 10.8 Å². The Bertz CT molecular complexity index is 1020. The van der Waals surface area contributed by atoms with Crippen molar-refractivity contribution in [3.8, 4) is 0 Å². The molecule has 2 aromatic heterocycles. The van der Waals surface area contributed by atoms with Gasteiger partial charge in [-0.25, -0.2) is 9.07 Å². The second-order valence-electron chi connectivity index (χ2n) is 5.92. The summed E-state index contributed by atoms with van der Waals surface area (Å²) in [5.41, 5.74) is 1.79. The van der Waals surface area contributed by atoms with E-state index in [1.165, 1.54) is 13.1 Å². The Labute approximate surface area is 143 Å². The van der Waals surface area contributed by atoms with E-state index in [2.05, 4.69) is 10.4 Å². The SMILES string of the molecule is CNC(=O)Cn1ncc2c(C)n(Cc3ccccc3F)c(C)c2c1=O. The summed E-state index contributed by atoms with van der Waals surface area (Å²) in [5.74, 6) is -0.580. The van der Waals surface area contributed by atoms with Gasteiger partial charge in [0.25, 0.3) is 5.56 Å². The smallest absolute Gasteiger partial charge is 0.276 e. The van der Waals surface area contributed by atoms with Crippen LogP contribution in [-0.4, -0.2) is 27.3 Å². The van der Waals surface area contributed by atoms with E-state index in [4.69, 9.17) is 0 Å². The molecule has 1 amide bonds. The molecule has 3 rings (SSSR count). The second-order valence-corrected chi connectivity index (χ2v) is 5.92. The van der Waals surface area contributed by atoms with Crippen molar-refractivity contribution in [2.75, 3.05) is 7.05 Å². The van der Waals surface area contributed by atoms with E-state index in [-0.39, 0.29) is 23.8 Å². The molecular formula is C18H19FN4O2. The molecular weight excluding hydrogens is 323 g/mol. The lowest BCUT2D eigenvalue weighted by Gasteiger charge is -2.10. The van der Waals surface area contributed by atoms with Gasteiger partial charge in [0.1, 0.15) is 12.4 Å². The van der Waals surface area contributed by atoms with Gasteiger partial charge >= 0.3 is 0 Å². The van der Waals surface area contributed by atoms with Crippen molar-refractivity contribution in [2.45, 2.75) is 26.9 Å². The minimum Gasteiger partial charge on any atom is -0.358 e. The summed E-state index contributed by atoms with van der Waals surface area (Å²) in [6.45, 7) is 3.89. The van der Waals surface area contributed by atoms with E-state index in [1.807, 2.05) is 18.4 Å². The predicted octanol–water partition coefficient (Wildman–Crippen LogP) is 1.75. The van der Waals surface area contributed by atoms with Crippen LogP contribution in [0.3, 0.4) is 0 Å². The highest BCUT2D eigenvalue weighted by Gasteiger charge is 2.17. The summed E-state index contributed by atoms with van der Waals surface area (Å²) in [6, 6.07) is 6.57. The fourth-order valence-corrected chi connectivity index (χ4v) is 3.01. The summed E-state index contributed by atoms with van der Waals surface area (Å²) in [5, 5.41) is 7.79. The minimum atomic E-state index is -0.325. The van der Waals surface area contributed by atoms with Gasteiger partial charge in [-0.05, 0) is 19.9 Å². The summed E-state index contributed by atoms with van der Waals surface area (Å²) in [6.07, 6.45) is 1.58. The Morgan fingerprint density at radius 2 is 1.96 bits per heavy atom. The number of aromatic nitrogens is 3. The first-order valence-electron chi connectivity index (χ1n) is 7.93.